The van der Waals surface area contributed by atoms with Crippen molar-refractivity contribution in [1.29, 1.82) is 0 Å². The minimum Gasteiger partial charge on any atom is -0.507 e. The lowest BCUT2D eigenvalue weighted by atomic mass is 9.93. The summed E-state index contributed by atoms with van der Waals surface area (Å²) in [4.78, 5) is 11.6. The molecule has 1 aromatic carbocycles. The predicted molar refractivity (Wildman–Crippen MR) is 89.4 cm³/mol. The molecule has 0 bridgehead atoms. The molecule has 128 valence electrons. The molecule has 0 saturated carbocycles. The Balaban J connectivity index is 3.33. The number of carbonyl (C=O) groups is 1. The van der Waals surface area contributed by atoms with Crippen LogP contribution in [0.4, 0.5) is 0 Å². The highest BCUT2D eigenvalue weighted by Crippen LogP contribution is 2.36. The molecule has 0 aliphatic carbocycles. The van der Waals surface area contributed by atoms with E-state index in [1.54, 1.807) is 13.0 Å². The van der Waals surface area contributed by atoms with Crippen LogP contribution in [0.5, 0.6) is 11.5 Å². The molecule has 0 amide bonds. The standard InChI is InChI=1S/C18H26O5/c1-5-6-7-8-12-9-15(23-4)13(10-14(19)11(2)3)17(20)16(12)18(21)22/h9,14,19-20H,2,5-8,10H2,1,3-4H3,(H,21,22)/t14-/m1/s1. The summed E-state index contributed by atoms with van der Waals surface area (Å²) in [6.07, 6.45) is 2.59. The number of aliphatic hydroxyl groups excluding tert-OH is 1. The summed E-state index contributed by atoms with van der Waals surface area (Å²) in [5.74, 6) is -1.12. The Hall–Kier alpha value is -2.01. The number of phenols is 1. The average Bonchev–Trinajstić information content (AvgIpc) is 2.49. The summed E-state index contributed by atoms with van der Waals surface area (Å²) in [7, 11) is 1.46. The van der Waals surface area contributed by atoms with E-state index in [0.29, 0.717) is 28.9 Å². The topological polar surface area (TPSA) is 87.0 Å². The highest BCUT2D eigenvalue weighted by molar-refractivity contribution is 5.93. The number of benzene rings is 1. The van der Waals surface area contributed by atoms with E-state index < -0.39 is 12.1 Å². The fourth-order valence-corrected chi connectivity index (χ4v) is 2.49. The van der Waals surface area contributed by atoms with Crippen LogP contribution in [0.3, 0.4) is 0 Å². The molecule has 0 aromatic heterocycles. The highest BCUT2D eigenvalue weighted by Gasteiger charge is 2.24. The number of carboxylic acid groups (broad SMARTS) is 1. The summed E-state index contributed by atoms with van der Waals surface area (Å²) in [6, 6.07) is 1.65. The molecular weight excluding hydrogens is 296 g/mol. The van der Waals surface area contributed by atoms with Gasteiger partial charge in [-0.1, -0.05) is 31.9 Å². The molecule has 1 aromatic rings. The number of aromatic carboxylic acids is 1. The van der Waals surface area contributed by atoms with Gasteiger partial charge in [-0.2, -0.15) is 0 Å². The van der Waals surface area contributed by atoms with Crippen molar-refractivity contribution in [3.63, 3.8) is 0 Å². The van der Waals surface area contributed by atoms with E-state index in [2.05, 4.69) is 13.5 Å². The number of ether oxygens (including phenoxy) is 1. The molecule has 0 aliphatic rings. The van der Waals surface area contributed by atoms with Crippen LogP contribution < -0.4 is 4.74 Å². The molecule has 3 N–H and O–H groups in total. The molecule has 0 heterocycles. The second-order valence-corrected chi connectivity index (χ2v) is 5.77. The zero-order valence-electron chi connectivity index (χ0n) is 14.1. The van der Waals surface area contributed by atoms with Gasteiger partial charge < -0.3 is 20.1 Å². The minimum atomic E-state index is -1.18. The average molecular weight is 322 g/mol. The molecular formula is C18H26O5. The zero-order valence-corrected chi connectivity index (χ0v) is 14.1. The maximum Gasteiger partial charge on any atom is 0.339 e. The van der Waals surface area contributed by atoms with Crippen molar-refractivity contribution in [1.82, 2.24) is 0 Å². The summed E-state index contributed by atoms with van der Waals surface area (Å²) >= 11 is 0. The Kier molecular flexibility index (Phi) is 7.10. The third-order valence-corrected chi connectivity index (χ3v) is 3.90. The maximum atomic E-state index is 11.6. The Bertz CT molecular complexity index is 577. The first-order valence-corrected chi connectivity index (χ1v) is 7.81. The van der Waals surface area contributed by atoms with Crippen molar-refractivity contribution in [2.45, 2.75) is 52.1 Å². The largest absolute Gasteiger partial charge is 0.507 e. The van der Waals surface area contributed by atoms with Gasteiger partial charge in [-0.3, -0.25) is 0 Å². The van der Waals surface area contributed by atoms with Crippen LogP contribution >= 0.6 is 0 Å². The maximum absolute atomic E-state index is 11.6. The number of aromatic hydroxyl groups is 1. The fourth-order valence-electron chi connectivity index (χ4n) is 2.49. The molecule has 0 fully saturated rings. The number of carboxylic acids is 1. The molecule has 5 heteroatoms. The second-order valence-electron chi connectivity index (χ2n) is 5.77. The van der Waals surface area contributed by atoms with Gasteiger partial charge in [0.15, 0.2) is 0 Å². The molecule has 1 rings (SSSR count). The number of rotatable bonds is 9. The predicted octanol–water partition coefficient (Wildman–Crippen LogP) is 3.31. The van der Waals surface area contributed by atoms with Crippen molar-refractivity contribution in [3.8, 4) is 11.5 Å². The lowest BCUT2D eigenvalue weighted by Gasteiger charge is -2.18. The van der Waals surface area contributed by atoms with Gasteiger partial charge in [-0.05, 0) is 31.4 Å². The van der Waals surface area contributed by atoms with Gasteiger partial charge in [0.1, 0.15) is 17.1 Å². The van der Waals surface area contributed by atoms with Crippen molar-refractivity contribution >= 4 is 5.97 Å². The molecule has 0 spiro atoms. The third-order valence-electron chi connectivity index (χ3n) is 3.90. The zero-order chi connectivity index (χ0) is 17.6. The van der Waals surface area contributed by atoms with E-state index in [1.165, 1.54) is 7.11 Å². The number of aliphatic hydroxyl groups is 1. The molecule has 0 saturated heterocycles. The minimum absolute atomic E-state index is 0.0554. The van der Waals surface area contributed by atoms with Crippen LogP contribution in [0.15, 0.2) is 18.2 Å². The van der Waals surface area contributed by atoms with Crippen LogP contribution in [-0.2, 0) is 12.8 Å². The Morgan fingerprint density at radius 2 is 2.04 bits per heavy atom. The Morgan fingerprint density at radius 1 is 1.39 bits per heavy atom. The summed E-state index contributed by atoms with van der Waals surface area (Å²) < 4.78 is 5.29. The normalized spacial score (nSPS) is 12.0. The Labute approximate surface area is 137 Å². The van der Waals surface area contributed by atoms with Gasteiger partial charge in [-0.25, -0.2) is 4.79 Å². The molecule has 0 radical (unpaired) electrons. The van der Waals surface area contributed by atoms with E-state index in [4.69, 9.17) is 4.74 Å². The highest BCUT2D eigenvalue weighted by atomic mass is 16.5. The first-order valence-electron chi connectivity index (χ1n) is 7.81. The van der Waals surface area contributed by atoms with Gasteiger partial charge in [-0.15, -0.1) is 0 Å². The number of methoxy groups -OCH3 is 1. The molecule has 23 heavy (non-hydrogen) atoms. The quantitative estimate of drug-likeness (QED) is 0.479. The van der Waals surface area contributed by atoms with Crippen molar-refractivity contribution < 1.29 is 24.9 Å². The van der Waals surface area contributed by atoms with Crippen molar-refractivity contribution in [2.24, 2.45) is 0 Å². The third kappa shape index (κ3) is 4.73. The van der Waals surface area contributed by atoms with Crippen molar-refractivity contribution in [2.75, 3.05) is 7.11 Å². The summed E-state index contributed by atoms with van der Waals surface area (Å²) in [5, 5.41) is 29.9. The van der Waals surface area contributed by atoms with E-state index in [0.717, 1.165) is 19.3 Å². The lowest BCUT2D eigenvalue weighted by Crippen LogP contribution is -2.14. The smallest absolute Gasteiger partial charge is 0.339 e. The monoisotopic (exact) mass is 322 g/mol. The first-order chi connectivity index (χ1) is 10.8. The van der Waals surface area contributed by atoms with Gasteiger partial charge in [0.05, 0.1) is 13.2 Å². The SMILES string of the molecule is C=C(C)[C@H](O)Cc1c(OC)cc(CCCCC)c(C(=O)O)c1O. The van der Waals surface area contributed by atoms with Crippen LogP contribution in [-0.4, -0.2) is 34.5 Å². The van der Waals surface area contributed by atoms with Gasteiger partial charge in [0.25, 0.3) is 0 Å². The van der Waals surface area contributed by atoms with Crippen LogP contribution in [0.2, 0.25) is 0 Å². The summed E-state index contributed by atoms with van der Waals surface area (Å²) in [5.41, 5.74) is 1.27. The van der Waals surface area contributed by atoms with Crippen molar-refractivity contribution in [3.05, 3.63) is 34.9 Å². The molecule has 0 unspecified atom stereocenters. The van der Waals surface area contributed by atoms with Crippen LogP contribution in [0.1, 0.15) is 54.6 Å². The van der Waals surface area contributed by atoms with Crippen LogP contribution in [0, 0.1) is 0 Å². The second kappa shape index (κ2) is 8.58. The van der Waals surface area contributed by atoms with E-state index in [-0.39, 0.29) is 17.7 Å². The fraction of sp³-hybridized carbons (Fsp3) is 0.500. The molecule has 5 nitrogen and oxygen atoms in total. The number of hydrogen-bond acceptors (Lipinski definition) is 4. The van der Waals surface area contributed by atoms with Gasteiger partial charge in [0.2, 0.25) is 0 Å². The molecule has 0 aliphatic heterocycles. The number of hydrogen-bond donors (Lipinski definition) is 3. The van der Waals surface area contributed by atoms with E-state index in [1.807, 2.05) is 0 Å². The van der Waals surface area contributed by atoms with Crippen LogP contribution in [0.25, 0.3) is 0 Å². The van der Waals surface area contributed by atoms with Gasteiger partial charge >= 0.3 is 5.97 Å². The first kappa shape index (κ1) is 19.0. The summed E-state index contributed by atoms with van der Waals surface area (Å²) in [6.45, 7) is 7.41. The molecule has 1 atom stereocenters. The number of aryl methyl sites for hydroxylation is 1. The number of unbranched alkanes of at least 4 members (excludes halogenated alkanes) is 2. The van der Waals surface area contributed by atoms with Gasteiger partial charge in [0, 0.05) is 12.0 Å². The van der Waals surface area contributed by atoms with E-state index >= 15 is 0 Å². The Morgan fingerprint density at radius 3 is 2.52 bits per heavy atom. The van der Waals surface area contributed by atoms with E-state index in [9.17, 15) is 20.1 Å². The lowest BCUT2D eigenvalue weighted by molar-refractivity contribution is 0.0692.